The van der Waals surface area contributed by atoms with E-state index < -0.39 is 0 Å². The number of imidazole rings is 1. The zero-order valence-corrected chi connectivity index (χ0v) is 10.4. The van der Waals surface area contributed by atoms with Crippen LogP contribution < -0.4 is 0 Å². The van der Waals surface area contributed by atoms with Crippen LogP contribution in [0.25, 0.3) is 11.2 Å². The minimum Gasteiger partial charge on any atom is -0.296 e. The van der Waals surface area contributed by atoms with Crippen molar-refractivity contribution >= 4 is 11.2 Å². The fourth-order valence-electron chi connectivity index (χ4n) is 2.87. The molecule has 90 valence electrons. The zero-order chi connectivity index (χ0) is 11.8. The fraction of sp³-hybridized carbons (Fsp3) is 0.538. The minimum absolute atomic E-state index is 0.444. The van der Waals surface area contributed by atoms with Crippen LogP contribution in [0, 0.1) is 6.92 Å². The second-order valence-electron chi connectivity index (χ2n) is 4.63. The lowest BCUT2D eigenvalue weighted by Crippen LogP contribution is -2.27. The van der Waals surface area contributed by atoms with Crippen LogP contribution in [0.4, 0.5) is 0 Å². The highest BCUT2D eigenvalue weighted by Crippen LogP contribution is 2.30. The van der Waals surface area contributed by atoms with E-state index in [9.17, 15) is 0 Å². The van der Waals surface area contributed by atoms with Crippen LogP contribution in [0.5, 0.6) is 0 Å². The molecule has 0 bridgehead atoms. The third kappa shape index (κ3) is 1.63. The number of hydrogen-bond acceptors (Lipinski definition) is 3. The SMILES string of the molecule is CCN1CCCC1n1c(C)nc2cccnc21. The van der Waals surface area contributed by atoms with Gasteiger partial charge in [-0.1, -0.05) is 6.92 Å². The van der Waals surface area contributed by atoms with Gasteiger partial charge in [0.05, 0.1) is 6.17 Å². The molecule has 4 heteroatoms. The lowest BCUT2D eigenvalue weighted by Gasteiger charge is -2.25. The van der Waals surface area contributed by atoms with Crippen LogP contribution in [0.2, 0.25) is 0 Å². The summed E-state index contributed by atoms with van der Waals surface area (Å²) in [6.45, 7) is 6.58. The number of nitrogens with zero attached hydrogens (tertiary/aromatic N) is 4. The smallest absolute Gasteiger partial charge is 0.161 e. The van der Waals surface area contributed by atoms with Crippen molar-refractivity contribution in [1.29, 1.82) is 0 Å². The molecule has 3 rings (SSSR count). The topological polar surface area (TPSA) is 34.0 Å². The van der Waals surface area contributed by atoms with Crippen molar-refractivity contribution in [3.63, 3.8) is 0 Å². The van der Waals surface area contributed by atoms with Gasteiger partial charge in [0, 0.05) is 12.7 Å². The van der Waals surface area contributed by atoms with Crippen molar-refractivity contribution in [3.05, 3.63) is 24.2 Å². The molecule has 0 aromatic carbocycles. The molecule has 4 nitrogen and oxygen atoms in total. The molecule has 0 aliphatic carbocycles. The number of aryl methyl sites for hydroxylation is 1. The summed E-state index contributed by atoms with van der Waals surface area (Å²) in [7, 11) is 0. The molecule has 0 amide bonds. The Morgan fingerprint density at radius 3 is 3.18 bits per heavy atom. The summed E-state index contributed by atoms with van der Waals surface area (Å²) in [6, 6.07) is 3.99. The molecule has 0 spiro atoms. The van der Waals surface area contributed by atoms with Crippen LogP contribution in [-0.2, 0) is 0 Å². The third-order valence-corrected chi connectivity index (χ3v) is 3.66. The van der Waals surface area contributed by atoms with Crippen molar-refractivity contribution in [3.8, 4) is 0 Å². The molecule has 17 heavy (non-hydrogen) atoms. The van der Waals surface area contributed by atoms with Crippen LogP contribution in [0.1, 0.15) is 31.8 Å². The zero-order valence-electron chi connectivity index (χ0n) is 10.4. The predicted octanol–water partition coefficient (Wildman–Crippen LogP) is 2.35. The van der Waals surface area contributed by atoms with E-state index in [1.807, 2.05) is 18.3 Å². The van der Waals surface area contributed by atoms with E-state index in [0.29, 0.717) is 6.17 Å². The van der Waals surface area contributed by atoms with Crippen molar-refractivity contribution in [2.45, 2.75) is 32.9 Å². The maximum Gasteiger partial charge on any atom is 0.161 e. The van der Waals surface area contributed by atoms with Crippen molar-refractivity contribution in [2.24, 2.45) is 0 Å². The first-order valence-electron chi connectivity index (χ1n) is 6.35. The summed E-state index contributed by atoms with van der Waals surface area (Å²) in [6.07, 6.45) is 4.77. The van der Waals surface area contributed by atoms with Gasteiger partial charge in [0.1, 0.15) is 11.3 Å². The summed E-state index contributed by atoms with van der Waals surface area (Å²) in [5.74, 6) is 1.07. The summed E-state index contributed by atoms with van der Waals surface area (Å²) >= 11 is 0. The van der Waals surface area contributed by atoms with Gasteiger partial charge in [0.15, 0.2) is 5.65 Å². The highest BCUT2D eigenvalue weighted by Gasteiger charge is 2.27. The Balaban J connectivity index is 2.13. The van der Waals surface area contributed by atoms with E-state index in [2.05, 4.69) is 33.3 Å². The Hall–Kier alpha value is -1.42. The first-order valence-corrected chi connectivity index (χ1v) is 6.35. The second kappa shape index (κ2) is 4.11. The molecule has 1 unspecified atom stereocenters. The van der Waals surface area contributed by atoms with Gasteiger partial charge in [-0.3, -0.25) is 9.47 Å². The normalized spacial score (nSPS) is 21.4. The number of aromatic nitrogens is 3. The molecule has 1 saturated heterocycles. The fourth-order valence-corrected chi connectivity index (χ4v) is 2.87. The Bertz CT molecular complexity index is 531. The molecule has 2 aromatic heterocycles. The van der Waals surface area contributed by atoms with E-state index in [1.54, 1.807) is 0 Å². The number of hydrogen-bond donors (Lipinski definition) is 0. The van der Waals surface area contributed by atoms with Crippen LogP contribution in [0.3, 0.4) is 0 Å². The Morgan fingerprint density at radius 2 is 2.35 bits per heavy atom. The summed E-state index contributed by atoms with van der Waals surface area (Å²) in [4.78, 5) is 11.6. The Labute approximate surface area is 101 Å². The summed E-state index contributed by atoms with van der Waals surface area (Å²) in [5.41, 5.74) is 2.03. The van der Waals surface area contributed by atoms with E-state index in [1.165, 1.54) is 19.4 Å². The van der Waals surface area contributed by atoms with Crippen LogP contribution in [0.15, 0.2) is 18.3 Å². The summed E-state index contributed by atoms with van der Waals surface area (Å²) < 4.78 is 2.30. The van der Waals surface area contributed by atoms with Gasteiger partial charge >= 0.3 is 0 Å². The van der Waals surface area contributed by atoms with Crippen molar-refractivity contribution in [2.75, 3.05) is 13.1 Å². The molecule has 2 aromatic rings. The molecule has 0 saturated carbocycles. The highest BCUT2D eigenvalue weighted by atomic mass is 15.3. The maximum atomic E-state index is 4.60. The first kappa shape index (κ1) is 10.7. The number of pyridine rings is 1. The average molecular weight is 230 g/mol. The Kier molecular flexibility index (Phi) is 2.59. The van der Waals surface area contributed by atoms with Gasteiger partial charge in [0.2, 0.25) is 0 Å². The van der Waals surface area contributed by atoms with E-state index >= 15 is 0 Å². The highest BCUT2D eigenvalue weighted by molar-refractivity contribution is 5.71. The average Bonchev–Trinajstić information content (AvgIpc) is 2.90. The van der Waals surface area contributed by atoms with Gasteiger partial charge in [-0.05, 0) is 38.4 Å². The molecular formula is C13H18N4. The van der Waals surface area contributed by atoms with Gasteiger partial charge in [0.25, 0.3) is 0 Å². The van der Waals surface area contributed by atoms with E-state index in [0.717, 1.165) is 23.5 Å². The molecule has 3 heterocycles. The van der Waals surface area contributed by atoms with Crippen LogP contribution >= 0.6 is 0 Å². The predicted molar refractivity (Wildman–Crippen MR) is 67.8 cm³/mol. The van der Waals surface area contributed by atoms with Gasteiger partial charge in [-0.15, -0.1) is 0 Å². The lowest BCUT2D eigenvalue weighted by atomic mass is 10.3. The molecule has 1 aliphatic heterocycles. The maximum absolute atomic E-state index is 4.60. The number of fused-ring (bicyclic) bond motifs is 1. The number of likely N-dealkylation sites (tertiary alicyclic amines) is 1. The van der Waals surface area contributed by atoms with Crippen LogP contribution in [-0.4, -0.2) is 32.5 Å². The molecule has 0 radical (unpaired) electrons. The van der Waals surface area contributed by atoms with Gasteiger partial charge in [-0.2, -0.15) is 0 Å². The number of rotatable bonds is 2. The minimum atomic E-state index is 0.444. The lowest BCUT2D eigenvalue weighted by molar-refractivity contribution is 0.204. The van der Waals surface area contributed by atoms with Gasteiger partial charge < -0.3 is 0 Å². The Morgan fingerprint density at radius 1 is 1.47 bits per heavy atom. The first-order chi connectivity index (χ1) is 8.31. The second-order valence-corrected chi connectivity index (χ2v) is 4.63. The molecule has 1 fully saturated rings. The summed E-state index contributed by atoms with van der Waals surface area (Å²) in [5, 5.41) is 0. The molecule has 1 atom stereocenters. The van der Waals surface area contributed by atoms with Gasteiger partial charge in [-0.25, -0.2) is 9.97 Å². The molecule has 1 aliphatic rings. The largest absolute Gasteiger partial charge is 0.296 e. The van der Waals surface area contributed by atoms with Crippen molar-refractivity contribution < 1.29 is 0 Å². The van der Waals surface area contributed by atoms with Crippen molar-refractivity contribution in [1.82, 2.24) is 19.4 Å². The standard InChI is InChI=1S/C13H18N4/c1-3-16-9-5-7-12(16)17-10(2)15-11-6-4-8-14-13(11)17/h4,6,8,12H,3,5,7,9H2,1-2H3. The molecular weight excluding hydrogens is 212 g/mol. The monoisotopic (exact) mass is 230 g/mol. The molecule has 0 N–H and O–H groups in total. The third-order valence-electron chi connectivity index (χ3n) is 3.66. The quantitative estimate of drug-likeness (QED) is 0.794. The van der Waals surface area contributed by atoms with E-state index in [-0.39, 0.29) is 0 Å². The van der Waals surface area contributed by atoms with E-state index in [4.69, 9.17) is 0 Å².